The fourth-order valence-electron chi connectivity index (χ4n) is 4.56. The van der Waals surface area contributed by atoms with Crippen LogP contribution in [0.4, 0.5) is 0 Å². The van der Waals surface area contributed by atoms with E-state index in [0.29, 0.717) is 12.5 Å². The number of rotatable bonds is 8. The SMILES string of the molecule is O=C(C1CCCC1)N1CCC(NC(=NCCc2ccco2)NCCc2ccccc2)C1. The summed E-state index contributed by atoms with van der Waals surface area (Å²) in [5.74, 6) is 2.38. The fourth-order valence-corrected chi connectivity index (χ4v) is 4.56. The third-order valence-corrected chi connectivity index (χ3v) is 6.30. The van der Waals surface area contributed by atoms with E-state index >= 15 is 0 Å². The molecule has 0 spiro atoms. The molecule has 1 aromatic heterocycles. The molecule has 1 atom stereocenters. The Morgan fingerprint density at radius 3 is 2.68 bits per heavy atom. The summed E-state index contributed by atoms with van der Waals surface area (Å²) < 4.78 is 5.42. The average Bonchev–Trinajstić information content (AvgIpc) is 3.57. The normalized spacial score (nSPS) is 19.7. The number of benzene rings is 1. The predicted octanol–water partition coefficient (Wildman–Crippen LogP) is 3.39. The molecule has 1 aliphatic carbocycles. The van der Waals surface area contributed by atoms with Crippen LogP contribution >= 0.6 is 0 Å². The van der Waals surface area contributed by atoms with Crippen molar-refractivity contribution in [3.05, 3.63) is 60.1 Å². The zero-order chi connectivity index (χ0) is 21.3. The molecule has 31 heavy (non-hydrogen) atoms. The summed E-state index contributed by atoms with van der Waals surface area (Å²) in [5.41, 5.74) is 1.30. The third kappa shape index (κ3) is 6.36. The van der Waals surface area contributed by atoms with Crippen molar-refractivity contribution in [1.82, 2.24) is 15.5 Å². The Hall–Kier alpha value is -2.76. The predicted molar refractivity (Wildman–Crippen MR) is 123 cm³/mol. The summed E-state index contributed by atoms with van der Waals surface area (Å²) in [4.78, 5) is 19.6. The molecular formula is C25H34N4O2. The van der Waals surface area contributed by atoms with Gasteiger partial charge < -0.3 is 20.0 Å². The van der Waals surface area contributed by atoms with Crippen molar-refractivity contribution in [2.45, 2.75) is 51.0 Å². The number of amides is 1. The summed E-state index contributed by atoms with van der Waals surface area (Å²) in [6, 6.07) is 14.6. The van der Waals surface area contributed by atoms with Gasteiger partial charge in [-0.2, -0.15) is 0 Å². The first-order chi connectivity index (χ1) is 15.3. The number of hydrogen-bond donors (Lipinski definition) is 2. The topological polar surface area (TPSA) is 69.9 Å². The summed E-state index contributed by atoms with van der Waals surface area (Å²) in [6.45, 7) is 3.09. The molecule has 0 bridgehead atoms. The molecule has 166 valence electrons. The van der Waals surface area contributed by atoms with Gasteiger partial charge in [0, 0.05) is 44.6 Å². The zero-order valence-electron chi connectivity index (χ0n) is 18.3. The quantitative estimate of drug-likeness (QED) is 0.505. The Bertz CT molecular complexity index is 828. The maximum atomic E-state index is 12.8. The van der Waals surface area contributed by atoms with Crippen molar-refractivity contribution >= 4 is 11.9 Å². The maximum absolute atomic E-state index is 12.8. The lowest BCUT2D eigenvalue weighted by atomic mass is 10.1. The van der Waals surface area contributed by atoms with Crippen LogP contribution in [-0.2, 0) is 17.6 Å². The fraction of sp³-hybridized carbons (Fsp3) is 0.520. The van der Waals surface area contributed by atoms with E-state index in [0.717, 1.165) is 63.5 Å². The van der Waals surface area contributed by atoms with Gasteiger partial charge in [0.15, 0.2) is 5.96 Å². The van der Waals surface area contributed by atoms with Gasteiger partial charge in [0.2, 0.25) is 5.91 Å². The number of nitrogens with one attached hydrogen (secondary N) is 2. The minimum Gasteiger partial charge on any atom is -0.469 e. The molecule has 1 unspecified atom stereocenters. The summed E-state index contributed by atoms with van der Waals surface area (Å²) in [7, 11) is 0. The van der Waals surface area contributed by atoms with Crippen LogP contribution in [0.15, 0.2) is 58.1 Å². The highest BCUT2D eigenvalue weighted by molar-refractivity contribution is 5.81. The van der Waals surface area contributed by atoms with E-state index in [1.165, 1.54) is 18.4 Å². The molecule has 2 aromatic rings. The van der Waals surface area contributed by atoms with Crippen molar-refractivity contribution in [1.29, 1.82) is 0 Å². The molecule has 1 aliphatic heterocycles. The lowest BCUT2D eigenvalue weighted by Gasteiger charge is -2.21. The van der Waals surface area contributed by atoms with E-state index in [1.807, 2.05) is 18.2 Å². The van der Waals surface area contributed by atoms with Crippen molar-refractivity contribution in [3.8, 4) is 0 Å². The second-order valence-corrected chi connectivity index (χ2v) is 8.62. The van der Waals surface area contributed by atoms with Gasteiger partial charge in [0.05, 0.1) is 6.26 Å². The Balaban J connectivity index is 1.30. The van der Waals surface area contributed by atoms with Crippen LogP contribution in [0.3, 0.4) is 0 Å². The average molecular weight is 423 g/mol. The summed E-state index contributed by atoms with van der Waals surface area (Å²) in [5, 5.41) is 7.05. The standard InChI is InChI=1S/C25H34N4O2/c30-24(21-9-4-5-10-21)29-17-14-22(19-29)28-25(27-16-13-23-11-6-18-31-23)26-15-12-20-7-2-1-3-8-20/h1-3,6-8,11,18,21-22H,4-5,9-10,12-17,19H2,(H2,26,27,28). The number of likely N-dealkylation sites (tertiary alicyclic amines) is 1. The molecule has 2 N–H and O–H groups in total. The Morgan fingerprint density at radius 1 is 1.06 bits per heavy atom. The van der Waals surface area contributed by atoms with E-state index in [-0.39, 0.29) is 12.0 Å². The molecule has 1 aromatic carbocycles. The van der Waals surface area contributed by atoms with E-state index < -0.39 is 0 Å². The Kier molecular flexibility index (Phi) is 7.64. The molecule has 4 rings (SSSR count). The molecule has 1 saturated heterocycles. The van der Waals surface area contributed by atoms with E-state index in [4.69, 9.17) is 9.41 Å². The number of nitrogens with zero attached hydrogens (tertiary/aromatic N) is 2. The van der Waals surface area contributed by atoms with Gasteiger partial charge in [-0.05, 0) is 43.4 Å². The van der Waals surface area contributed by atoms with Crippen molar-refractivity contribution in [2.75, 3.05) is 26.2 Å². The lowest BCUT2D eigenvalue weighted by molar-refractivity contribution is -0.134. The largest absolute Gasteiger partial charge is 0.469 e. The van der Waals surface area contributed by atoms with Gasteiger partial charge in [-0.3, -0.25) is 9.79 Å². The molecule has 2 aliphatic rings. The van der Waals surface area contributed by atoms with E-state index in [1.54, 1.807) is 6.26 Å². The van der Waals surface area contributed by atoms with Crippen molar-refractivity contribution in [3.63, 3.8) is 0 Å². The first kappa shape index (κ1) is 21.5. The van der Waals surface area contributed by atoms with Crippen LogP contribution in [-0.4, -0.2) is 49.0 Å². The zero-order valence-corrected chi connectivity index (χ0v) is 18.3. The highest BCUT2D eigenvalue weighted by Gasteiger charge is 2.32. The first-order valence-corrected chi connectivity index (χ1v) is 11.7. The first-order valence-electron chi connectivity index (χ1n) is 11.7. The molecular weight excluding hydrogens is 388 g/mol. The number of carbonyl (C=O) groups excluding carboxylic acids is 1. The molecule has 1 amide bonds. The highest BCUT2D eigenvalue weighted by Crippen LogP contribution is 2.27. The van der Waals surface area contributed by atoms with E-state index in [2.05, 4.69) is 39.8 Å². The van der Waals surface area contributed by atoms with Gasteiger partial charge in [0.1, 0.15) is 5.76 Å². The Morgan fingerprint density at radius 2 is 1.90 bits per heavy atom. The smallest absolute Gasteiger partial charge is 0.225 e. The van der Waals surface area contributed by atoms with Crippen LogP contribution in [0.5, 0.6) is 0 Å². The monoisotopic (exact) mass is 422 g/mol. The number of guanidine groups is 1. The van der Waals surface area contributed by atoms with Crippen LogP contribution in [0.25, 0.3) is 0 Å². The lowest BCUT2D eigenvalue weighted by Crippen LogP contribution is -2.46. The summed E-state index contributed by atoms with van der Waals surface area (Å²) in [6.07, 6.45) is 8.91. The Labute approximate surface area is 185 Å². The molecule has 0 radical (unpaired) electrons. The van der Waals surface area contributed by atoms with Crippen LogP contribution in [0, 0.1) is 5.92 Å². The minimum atomic E-state index is 0.247. The molecule has 6 nitrogen and oxygen atoms in total. The second-order valence-electron chi connectivity index (χ2n) is 8.62. The number of hydrogen-bond acceptors (Lipinski definition) is 3. The molecule has 2 fully saturated rings. The highest BCUT2D eigenvalue weighted by atomic mass is 16.3. The minimum absolute atomic E-state index is 0.247. The van der Waals surface area contributed by atoms with Crippen LogP contribution < -0.4 is 10.6 Å². The van der Waals surface area contributed by atoms with Crippen molar-refractivity contribution in [2.24, 2.45) is 10.9 Å². The number of aliphatic imine (C=N–C) groups is 1. The van der Waals surface area contributed by atoms with Crippen molar-refractivity contribution < 1.29 is 9.21 Å². The van der Waals surface area contributed by atoms with Gasteiger partial charge in [-0.25, -0.2) is 0 Å². The molecule has 6 heteroatoms. The van der Waals surface area contributed by atoms with Crippen LogP contribution in [0.1, 0.15) is 43.4 Å². The van der Waals surface area contributed by atoms with Gasteiger partial charge in [-0.1, -0.05) is 43.2 Å². The molecule has 1 saturated carbocycles. The maximum Gasteiger partial charge on any atom is 0.225 e. The van der Waals surface area contributed by atoms with Gasteiger partial charge >= 0.3 is 0 Å². The number of carbonyl (C=O) groups is 1. The van der Waals surface area contributed by atoms with Gasteiger partial charge in [0.25, 0.3) is 0 Å². The van der Waals surface area contributed by atoms with Gasteiger partial charge in [-0.15, -0.1) is 0 Å². The third-order valence-electron chi connectivity index (χ3n) is 6.30. The van der Waals surface area contributed by atoms with Crippen LogP contribution in [0.2, 0.25) is 0 Å². The number of furan rings is 1. The molecule has 2 heterocycles. The van der Waals surface area contributed by atoms with E-state index in [9.17, 15) is 4.79 Å². The second kappa shape index (κ2) is 11.0. The summed E-state index contributed by atoms with van der Waals surface area (Å²) >= 11 is 0.